The Balaban J connectivity index is 2.15. The Hall–Kier alpha value is -1.49. The number of hydrogen-bond acceptors (Lipinski definition) is 2. The normalized spacial score (nSPS) is 12.2. The van der Waals surface area contributed by atoms with Gasteiger partial charge in [0.15, 0.2) is 11.6 Å². The van der Waals surface area contributed by atoms with Crippen LogP contribution in [0.5, 0.6) is 0 Å². The van der Waals surface area contributed by atoms with Gasteiger partial charge in [-0.25, -0.2) is 13.8 Å². The topological polar surface area (TPSA) is 24.9 Å². The fraction of sp³-hybridized carbons (Fsp3) is 0.154. The van der Waals surface area contributed by atoms with E-state index in [1.807, 2.05) is 31.2 Å². The molecule has 0 radical (unpaired) electrons. The van der Waals surface area contributed by atoms with Crippen molar-refractivity contribution in [3.05, 3.63) is 58.2 Å². The maximum Gasteiger partial charge on any atom is 0.168 e. The predicted octanol–water partition coefficient (Wildman–Crippen LogP) is 4.30. The smallest absolute Gasteiger partial charge is 0.168 e. The number of aromatic nitrogens is 1. The van der Waals surface area contributed by atoms with Crippen LogP contribution in [0.3, 0.4) is 0 Å². The van der Waals surface area contributed by atoms with Gasteiger partial charge in [-0.05, 0) is 24.6 Å². The molecule has 1 aromatic carbocycles. The van der Waals surface area contributed by atoms with E-state index in [2.05, 4.69) is 26.2 Å². The molecule has 1 N–H and O–H groups in total. The van der Waals surface area contributed by atoms with Crippen molar-refractivity contribution in [3.8, 4) is 0 Å². The fourth-order valence-electron chi connectivity index (χ4n) is 1.56. The summed E-state index contributed by atoms with van der Waals surface area (Å²) in [6, 6.07) is 8.34. The Morgan fingerprint density at radius 3 is 2.50 bits per heavy atom. The third kappa shape index (κ3) is 3.04. The Kier molecular flexibility index (Phi) is 3.91. The van der Waals surface area contributed by atoms with Crippen molar-refractivity contribution < 1.29 is 8.78 Å². The second kappa shape index (κ2) is 5.44. The molecule has 0 fully saturated rings. The van der Waals surface area contributed by atoms with Gasteiger partial charge in [0.2, 0.25) is 0 Å². The van der Waals surface area contributed by atoms with Crippen molar-refractivity contribution in [1.82, 2.24) is 4.98 Å². The van der Waals surface area contributed by atoms with E-state index in [-0.39, 0.29) is 11.9 Å². The Labute approximate surface area is 112 Å². The molecule has 94 valence electrons. The van der Waals surface area contributed by atoms with Gasteiger partial charge < -0.3 is 5.32 Å². The van der Waals surface area contributed by atoms with Crippen molar-refractivity contribution in [2.45, 2.75) is 13.0 Å². The number of hydrogen-bond donors (Lipinski definition) is 1. The Morgan fingerprint density at radius 2 is 1.89 bits per heavy atom. The van der Waals surface area contributed by atoms with Crippen molar-refractivity contribution in [1.29, 1.82) is 0 Å². The molecule has 0 saturated heterocycles. The first-order valence-electron chi connectivity index (χ1n) is 5.39. The van der Waals surface area contributed by atoms with E-state index in [1.54, 1.807) is 0 Å². The zero-order chi connectivity index (χ0) is 13.1. The van der Waals surface area contributed by atoms with E-state index in [0.717, 1.165) is 22.3 Å². The fourth-order valence-corrected chi connectivity index (χ4v) is 1.82. The van der Waals surface area contributed by atoms with Crippen LogP contribution in [0.4, 0.5) is 14.6 Å². The summed E-state index contributed by atoms with van der Waals surface area (Å²) in [6.07, 6.45) is 0.986. The Bertz CT molecular complexity index is 543. The second-order valence-electron chi connectivity index (χ2n) is 3.90. The first kappa shape index (κ1) is 13.0. The zero-order valence-electron chi connectivity index (χ0n) is 9.62. The van der Waals surface area contributed by atoms with Crippen LogP contribution in [-0.2, 0) is 0 Å². The number of halogens is 3. The van der Waals surface area contributed by atoms with Gasteiger partial charge in [0, 0.05) is 10.5 Å². The largest absolute Gasteiger partial charge is 0.361 e. The molecule has 1 aromatic heterocycles. The van der Waals surface area contributed by atoms with Crippen LogP contribution in [0.1, 0.15) is 18.5 Å². The summed E-state index contributed by atoms with van der Waals surface area (Å²) < 4.78 is 27.1. The lowest BCUT2D eigenvalue weighted by Crippen LogP contribution is -2.09. The van der Waals surface area contributed by atoms with E-state index >= 15 is 0 Å². The summed E-state index contributed by atoms with van der Waals surface area (Å²) in [5, 5.41) is 2.91. The maximum absolute atomic E-state index is 13.4. The molecule has 2 nitrogen and oxygen atoms in total. The number of rotatable bonds is 3. The van der Waals surface area contributed by atoms with Gasteiger partial charge in [-0.3, -0.25) is 0 Å². The first-order chi connectivity index (χ1) is 8.56. The van der Waals surface area contributed by atoms with Crippen LogP contribution in [0.25, 0.3) is 0 Å². The number of anilines is 1. The molecule has 0 aliphatic carbocycles. The van der Waals surface area contributed by atoms with Gasteiger partial charge in [0.05, 0.1) is 12.2 Å². The molecule has 0 bridgehead atoms. The van der Waals surface area contributed by atoms with E-state index in [0.29, 0.717) is 0 Å². The lowest BCUT2D eigenvalue weighted by molar-refractivity contribution is 0.574. The molecule has 18 heavy (non-hydrogen) atoms. The molecule has 0 spiro atoms. The highest BCUT2D eigenvalue weighted by molar-refractivity contribution is 9.10. The third-order valence-electron chi connectivity index (χ3n) is 2.53. The van der Waals surface area contributed by atoms with Crippen LogP contribution in [-0.4, -0.2) is 4.98 Å². The molecule has 2 aromatic rings. The molecule has 0 aliphatic heterocycles. The number of nitrogens with one attached hydrogen (secondary N) is 1. The van der Waals surface area contributed by atoms with Gasteiger partial charge in [-0.1, -0.05) is 28.1 Å². The molecule has 1 unspecified atom stereocenters. The van der Waals surface area contributed by atoms with Gasteiger partial charge in [0.1, 0.15) is 5.82 Å². The molecule has 2 rings (SSSR count). The quantitative estimate of drug-likeness (QED) is 0.914. The number of pyridine rings is 1. The van der Waals surface area contributed by atoms with Crippen LogP contribution in [0.15, 0.2) is 41.0 Å². The predicted molar refractivity (Wildman–Crippen MR) is 70.3 cm³/mol. The van der Waals surface area contributed by atoms with E-state index in [9.17, 15) is 8.78 Å². The SMILES string of the molecule is CC(Nc1ncc(F)cc1F)c1ccc(Br)cc1. The standard InChI is InChI=1S/C13H11BrF2N2/c1-8(9-2-4-10(14)5-3-9)18-13-12(16)6-11(15)7-17-13/h2-8H,1H3,(H,17,18). The van der Waals surface area contributed by atoms with E-state index in [1.165, 1.54) is 0 Å². The summed E-state index contributed by atoms with van der Waals surface area (Å²) in [5.74, 6) is -1.33. The number of benzene rings is 1. The van der Waals surface area contributed by atoms with Gasteiger partial charge in [-0.2, -0.15) is 0 Å². The minimum atomic E-state index is -0.695. The average Bonchev–Trinajstić information content (AvgIpc) is 2.33. The summed E-state index contributed by atoms with van der Waals surface area (Å²) in [6.45, 7) is 1.88. The molecule has 0 amide bonds. The maximum atomic E-state index is 13.4. The number of nitrogens with zero attached hydrogens (tertiary/aromatic N) is 1. The van der Waals surface area contributed by atoms with Crippen molar-refractivity contribution in [3.63, 3.8) is 0 Å². The molecule has 1 heterocycles. The van der Waals surface area contributed by atoms with Gasteiger partial charge >= 0.3 is 0 Å². The van der Waals surface area contributed by atoms with E-state index < -0.39 is 11.6 Å². The molecule has 1 atom stereocenters. The zero-order valence-corrected chi connectivity index (χ0v) is 11.2. The minimum absolute atomic E-state index is 0.0480. The highest BCUT2D eigenvalue weighted by Gasteiger charge is 2.10. The van der Waals surface area contributed by atoms with Crippen LogP contribution in [0, 0.1) is 11.6 Å². The average molecular weight is 313 g/mol. The molecule has 5 heteroatoms. The highest BCUT2D eigenvalue weighted by atomic mass is 79.9. The van der Waals surface area contributed by atoms with Crippen molar-refractivity contribution in [2.75, 3.05) is 5.32 Å². The van der Waals surface area contributed by atoms with Gasteiger partial charge in [0.25, 0.3) is 0 Å². The van der Waals surface area contributed by atoms with Crippen LogP contribution >= 0.6 is 15.9 Å². The first-order valence-corrected chi connectivity index (χ1v) is 6.18. The molecular weight excluding hydrogens is 302 g/mol. The summed E-state index contributed by atoms with van der Waals surface area (Å²) >= 11 is 3.35. The third-order valence-corrected chi connectivity index (χ3v) is 3.06. The minimum Gasteiger partial charge on any atom is -0.361 e. The Morgan fingerprint density at radius 1 is 1.22 bits per heavy atom. The summed E-state index contributed by atoms with van der Waals surface area (Å²) in [7, 11) is 0. The lowest BCUT2D eigenvalue weighted by Gasteiger charge is -2.15. The van der Waals surface area contributed by atoms with Gasteiger partial charge in [-0.15, -0.1) is 0 Å². The highest BCUT2D eigenvalue weighted by Crippen LogP contribution is 2.21. The molecule has 0 saturated carbocycles. The second-order valence-corrected chi connectivity index (χ2v) is 4.82. The van der Waals surface area contributed by atoms with Crippen LogP contribution < -0.4 is 5.32 Å². The van der Waals surface area contributed by atoms with Crippen molar-refractivity contribution >= 4 is 21.7 Å². The molecular formula is C13H11BrF2N2. The van der Waals surface area contributed by atoms with Crippen LogP contribution in [0.2, 0.25) is 0 Å². The summed E-state index contributed by atoms with van der Waals surface area (Å²) in [5.41, 5.74) is 0.990. The lowest BCUT2D eigenvalue weighted by atomic mass is 10.1. The van der Waals surface area contributed by atoms with Crippen molar-refractivity contribution in [2.24, 2.45) is 0 Å². The van der Waals surface area contributed by atoms with E-state index in [4.69, 9.17) is 0 Å². The monoisotopic (exact) mass is 312 g/mol. The summed E-state index contributed by atoms with van der Waals surface area (Å²) in [4.78, 5) is 3.69. The molecule has 0 aliphatic rings.